The standard InChI is InChI=1S/C26H32F4N2O3.C2HF3O2/c1-18(2)17-34-23-8-4-19(5-9-23)14-25(33)32(22-10-12-31(3)13-11-22)16-20-6-7-21(27)15-24(20)35-26(28,29)30;3-2(4,5)1(6)7/h4-9,15,18,22H,10-14,16-17H2,1-3H3;(H,6,7). The average Bonchev–Trinajstić information content (AvgIpc) is 2.87. The van der Waals surface area contributed by atoms with E-state index in [0.717, 1.165) is 24.7 Å². The molecule has 0 bridgehead atoms. The zero-order valence-corrected chi connectivity index (χ0v) is 23.3. The summed E-state index contributed by atoms with van der Waals surface area (Å²) in [6.07, 6.45) is -8.57. The van der Waals surface area contributed by atoms with Gasteiger partial charge in [0, 0.05) is 24.2 Å². The first-order chi connectivity index (χ1) is 19.4. The van der Waals surface area contributed by atoms with Crippen molar-refractivity contribution in [1.29, 1.82) is 0 Å². The van der Waals surface area contributed by atoms with Crippen LogP contribution in [0.1, 0.15) is 37.8 Å². The zero-order valence-electron chi connectivity index (χ0n) is 23.3. The molecule has 1 N–H and O–H groups in total. The molecule has 14 heteroatoms. The van der Waals surface area contributed by atoms with Crippen molar-refractivity contribution in [3.63, 3.8) is 0 Å². The van der Waals surface area contributed by atoms with Crippen LogP contribution in [0.25, 0.3) is 0 Å². The van der Waals surface area contributed by atoms with Gasteiger partial charge in [0.1, 0.15) is 17.3 Å². The Kier molecular flexibility index (Phi) is 12.4. The fraction of sp³-hybridized carbons (Fsp3) is 0.500. The third-order valence-electron chi connectivity index (χ3n) is 6.15. The number of rotatable bonds is 9. The summed E-state index contributed by atoms with van der Waals surface area (Å²) in [4.78, 5) is 26.0. The molecule has 2 aromatic carbocycles. The second kappa shape index (κ2) is 15.1. The van der Waals surface area contributed by atoms with E-state index in [-0.39, 0.29) is 30.5 Å². The Balaban J connectivity index is 0.000000782. The van der Waals surface area contributed by atoms with Crippen LogP contribution in [-0.4, -0.2) is 72.1 Å². The lowest BCUT2D eigenvalue weighted by Crippen LogP contribution is -2.46. The van der Waals surface area contributed by atoms with Gasteiger partial charge < -0.3 is 24.4 Å². The molecule has 42 heavy (non-hydrogen) atoms. The number of aliphatic carboxylic acids is 1. The monoisotopic (exact) mass is 610 g/mol. The lowest BCUT2D eigenvalue weighted by molar-refractivity contribution is -0.275. The largest absolute Gasteiger partial charge is 0.573 e. The first kappa shape index (κ1) is 34.7. The topological polar surface area (TPSA) is 79.3 Å². The molecule has 1 aliphatic heterocycles. The number of carbonyl (C=O) groups excluding carboxylic acids is 1. The molecule has 0 unspecified atom stereocenters. The van der Waals surface area contributed by atoms with Crippen molar-refractivity contribution in [2.75, 3.05) is 26.7 Å². The van der Waals surface area contributed by atoms with Crippen LogP contribution in [0.15, 0.2) is 42.5 Å². The van der Waals surface area contributed by atoms with Crippen molar-refractivity contribution in [2.45, 2.75) is 58.2 Å². The molecular formula is C28H33F7N2O5. The Bertz CT molecular complexity index is 1160. The zero-order chi connectivity index (χ0) is 31.7. The molecule has 2 aromatic rings. The number of likely N-dealkylation sites (tertiary alicyclic amines) is 1. The molecule has 1 fully saturated rings. The number of amides is 1. The molecule has 1 amide bonds. The SMILES string of the molecule is CC(C)COc1ccc(CC(=O)N(Cc2ccc(F)cc2OC(F)(F)F)C2CCN(C)CC2)cc1.O=C(O)C(F)(F)F. The summed E-state index contributed by atoms with van der Waals surface area (Å²) in [5, 5.41) is 7.12. The second-order valence-electron chi connectivity index (χ2n) is 10.2. The quantitative estimate of drug-likeness (QED) is 0.348. The Morgan fingerprint density at radius 2 is 1.60 bits per heavy atom. The molecule has 234 valence electrons. The number of nitrogens with zero attached hydrogens (tertiary/aromatic N) is 2. The minimum Gasteiger partial charge on any atom is -0.493 e. The van der Waals surface area contributed by atoms with Crippen LogP contribution in [0, 0.1) is 11.7 Å². The Morgan fingerprint density at radius 3 is 2.10 bits per heavy atom. The van der Waals surface area contributed by atoms with Crippen LogP contribution in [0.2, 0.25) is 0 Å². The van der Waals surface area contributed by atoms with Gasteiger partial charge in [0.15, 0.2) is 0 Å². The fourth-order valence-corrected chi connectivity index (χ4v) is 4.03. The minimum absolute atomic E-state index is 0.0907. The van der Waals surface area contributed by atoms with Crippen molar-refractivity contribution in [3.05, 3.63) is 59.4 Å². The summed E-state index contributed by atoms with van der Waals surface area (Å²) in [5.74, 6) is -3.34. The number of carboxylic acid groups (broad SMARTS) is 1. The number of halogens is 7. The molecule has 0 atom stereocenters. The molecule has 0 spiro atoms. The molecule has 1 heterocycles. The van der Waals surface area contributed by atoms with Gasteiger partial charge in [-0.1, -0.05) is 32.0 Å². The normalized spacial score (nSPS) is 14.6. The molecule has 3 rings (SSSR count). The third-order valence-corrected chi connectivity index (χ3v) is 6.15. The molecule has 7 nitrogen and oxygen atoms in total. The molecular weight excluding hydrogens is 577 g/mol. The maximum atomic E-state index is 13.7. The summed E-state index contributed by atoms with van der Waals surface area (Å²) in [6.45, 7) is 6.13. The number of alkyl halides is 6. The van der Waals surface area contributed by atoms with E-state index >= 15 is 0 Å². The van der Waals surface area contributed by atoms with Gasteiger partial charge in [-0.3, -0.25) is 4.79 Å². The van der Waals surface area contributed by atoms with E-state index in [2.05, 4.69) is 23.5 Å². The van der Waals surface area contributed by atoms with Gasteiger partial charge in [-0.05, 0) is 62.7 Å². The number of carbonyl (C=O) groups is 2. The molecule has 0 aromatic heterocycles. The maximum absolute atomic E-state index is 13.7. The third kappa shape index (κ3) is 12.1. The van der Waals surface area contributed by atoms with Crippen molar-refractivity contribution in [3.8, 4) is 11.5 Å². The summed E-state index contributed by atoms with van der Waals surface area (Å²) in [7, 11) is 1.99. The van der Waals surface area contributed by atoms with E-state index in [1.54, 1.807) is 17.0 Å². The van der Waals surface area contributed by atoms with E-state index in [4.69, 9.17) is 14.6 Å². The van der Waals surface area contributed by atoms with E-state index < -0.39 is 30.1 Å². The highest BCUT2D eigenvalue weighted by Crippen LogP contribution is 2.30. The number of piperidine rings is 1. The second-order valence-corrected chi connectivity index (χ2v) is 10.2. The van der Waals surface area contributed by atoms with E-state index in [0.29, 0.717) is 37.2 Å². The van der Waals surface area contributed by atoms with Gasteiger partial charge in [0.25, 0.3) is 0 Å². The van der Waals surface area contributed by atoms with Gasteiger partial charge in [0.2, 0.25) is 5.91 Å². The lowest BCUT2D eigenvalue weighted by atomic mass is 10.0. The van der Waals surface area contributed by atoms with Gasteiger partial charge in [0.05, 0.1) is 13.0 Å². The lowest BCUT2D eigenvalue weighted by Gasteiger charge is -2.38. The highest BCUT2D eigenvalue weighted by atomic mass is 19.4. The molecule has 0 radical (unpaired) electrons. The molecule has 0 aliphatic carbocycles. The van der Waals surface area contributed by atoms with Gasteiger partial charge >= 0.3 is 18.5 Å². The van der Waals surface area contributed by atoms with Crippen molar-refractivity contribution < 1.29 is 54.9 Å². The first-order valence-corrected chi connectivity index (χ1v) is 13.0. The van der Waals surface area contributed by atoms with Crippen LogP contribution in [0.5, 0.6) is 11.5 Å². The maximum Gasteiger partial charge on any atom is 0.573 e. The van der Waals surface area contributed by atoms with E-state index in [1.807, 2.05) is 19.2 Å². The van der Waals surface area contributed by atoms with Crippen LogP contribution < -0.4 is 9.47 Å². The number of benzene rings is 2. The number of hydrogen-bond acceptors (Lipinski definition) is 5. The first-order valence-electron chi connectivity index (χ1n) is 13.0. The summed E-state index contributed by atoms with van der Waals surface area (Å²) in [5.41, 5.74) is 0.879. The molecule has 0 saturated carbocycles. The Morgan fingerprint density at radius 1 is 1.02 bits per heavy atom. The van der Waals surface area contributed by atoms with Crippen LogP contribution in [0.3, 0.4) is 0 Å². The van der Waals surface area contributed by atoms with Crippen LogP contribution >= 0.6 is 0 Å². The van der Waals surface area contributed by atoms with E-state index in [1.165, 1.54) is 6.07 Å². The number of ether oxygens (including phenoxy) is 2. The van der Waals surface area contributed by atoms with Crippen LogP contribution in [-0.2, 0) is 22.6 Å². The van der Waals surface area contributed by atoms with Crippen molar-refractivity contribution >= 4 is 11.9 Å². The molecule has 1 saturated heterocycles. The Hall–Kier alpha value is -3.55. The predicted octanol–water partition coefficient (Wildman–Crippen LogP) is 6.06. The highest BCUT2D eigenvalue weighted by molar-refractivity contribution is 5.79. The van der Waals surface area contributed by atoms with Crippen molar-refractivity contribution in [2.24, 2.45) is 5.92 Å². The highest BCUT2D eigenvalue weighted by Gasteiger charge is 2.38. The fourth-order valence-electron chi connectivity index (χ4n) is 4.03. The average molecular weight is 611 g/mol. The smallest absolute Gasteiger partial charge is 0.493 e. The van der Waals surface area contributed by atoms with Gasteiger partial charge in [-0.2, -0.15) is 13.2 Å². The number of hydrogen-bond donors (Lipinski definition) is 1. The van der Waals surface area contributed by atoms with Crippen LogP contribution in [0.4, 0.5) is 30.7 Å². The molecule has 1 aliphatic rings. The summed E-state index contributed by atoms with van der Waals surface area (Å²) in [6, 6.07) is 10.1. The summed E-state index contributed by atoms with van der Waals surface area (Å²) < 4.78 is 94.0. The number of carboxylic acids is 1. The minimum atomic E-state index is -5.08. The van der Waals surface area contributed by atoms with E-state index in [9.17, 15) is 35.5 Å². The van der Waals surface area contributed by atoms with Gasteiger partial charge in [-0.25, -0.2) is 9.18 Å². The Labute approximate surface area is 238 Å². The van der Waals surface area contributed by atoms with Gasteiger partial charge in [-0.15, -0.1) is 13.2 Å². The summed E-state index contributed by atoms with van der Waals surface area (Å²) >= 11 is 0. The predicted molar refractivity (Wildman–Crippen MR) is 138 cm³/mol. The van der Waals surface area contributed by atoms with Crippen molar-refractivity contribution in [1.82, 2.24) is 9.80 Å².